The Morgan fingerprint density at radius 3 is 2.85 bits per heavy atom. The average molecular weight is 272 g/mol. The molecule has 1 atom stereocenters. The molecule has 0 spiro atoms. The molecule has 1 unspecified atom stereocenters. The normalized spacial score (nSPS) is 21.9. The Kier molecular flexibility index (Phi) is 4.06. The number of carbonyl (C=O) groups excluding carboxylic acids is 1. The number of rotatable bonds is 5. The summed E-state index contributed by atoms with van der Waals surface area (Å²) in [5.41, 5.74) is 2.37. The average Bonchev–Trinajstić information content (AvgIpc) is 3.12. The summed E-state index contributed by atoms with van der Waals surface area (Å²) in [6.45, 7) is 4.08. The Balaban J connectivity index is 1.63. The highest BCUT2D eigenvalue weighted by Gasteiger charge is 2.34. The molecule has 0 aromatic heterocycles. The Hall–Kier alpha value is -1.35. The van der Waals surface area contributed by atoms with Crippen molar-refractivity contribution in [3.8, 4) is 0 Å². The number of carbonyl (C=O) groups is 1. The van der Waals surface area contributed by atoms with Crippen LogP contribution in [0.25, 0.3) is 0 Å². The zero-order chi connectivity index (χ0) is 13.9. The quantitative estimate of drug-likeness (QED) is 0.892. The molecule has 1 N–H and O–H groups in total. The molecule has 1 aliphatic heterocycles. The van der Waals surface area contributed by atoms with Crippen LogP contribution in [-0.4, -0.2) is 36.0 Å². The summed E-state index contributed by atoms with van der Waals surface area (Å²) in [4.78, 5) is 14.7. The van der Waals surface area contributed by atoms with Crippen LogP contribution in [0.15, 0.2) is 24.3 Å². The van der Waals surface area contributed by atoms with E-state index in [2.05, 4.69) is 35.3 Å². The van der Waals surface area contributed by atoms with E-state index in [9.17, 15) is 4.79 Å². The van der Waals surface area contributed by atoms with E-state index < -0.39 is 0 Å². The predicted octanol–water partition coefficient (Wildman–Crippen LogP) is 2.28. The van der Waals surface area contributed by atoms with Crippen molar-refractivity contribution in [2.45, 2.75) is 51.1 Å². The van der Waals surface area contributed by atoms with Crippen molar-refractivity contribution in [1.82, 2.24) is 10.2 Å². The summed E-state index contributed by atoms with van der Waals surface area (Å²) >= 11 is 0. The number of aryl methyl sites for hydroxylation is 1. The van der Waals surface area contributed by atoms with E-state index >= 15 is 0 Å². The molecular formula is C17H24N2O. The standard InChI is InChI=1S/C17H24N2O/c1-13-4-2-5-14(10-13)11-17(20)19(16-7-8-16)12-15-6-3-9-18-15/h2,4-5,10,15-16,18H,3,6-9,11-12H2,1H3. The number of hydrogen-bond donors (Lipinski definition) is 1. The van der Waals surface area contributed by atoms with Gasteiger partial charge in [0, 0.05) is 18.6 Å². The first-order valence-electron chi connectivity index (χ1n) is 7.81. The fraction of sp³-hybridized carbons (Fsp3) is 0.588. The highest BCUT2D eigenvalue weighted by atomic mass is 16.2. The predicted molar refractivity (Wildman–Crippen MR) is 80.6 cm³/mol. The Morgan fingerprint density at radius 1 is 1.35 bits per heavy atom. The number of amides is 1. The van der Waals surface area contributed by atoms with Gasteiger partial charge < -0.3 is 10.2 Å². The van der Waals surface area contributed by atoms with E-state index in [1.165, 1.54) is 31.2 Å². The van der Waals surface area contributed by atoms with Gasteiger partial charge in [-0.15, -0.1) is 0 Å². The lowest BCUT2D eigenvalue weighted by Gasteiger charge is -2.26. The third kappa shape index (κ3) is 3.40. The van der Waals surface area contributed by atoms with Crippen molar-refractivity contribution in [3.63, 3.8) is 0 Å². The maximum atomic E-state index is 12.6. The van der Waals surface area contributed by atoms with E-state index in [0.717, 1.165) is 18.7 Å². The molecule has 2 fully saturated rings. The first-order chi connectivity index (χ1) is 9.72. The minimum absolute atomic E-state index is 0.298. The van der Waals surface area contributed by atoms with Crippen molar-refractivity contribution in [1.29, 1.82) is 0 Å². The second-order valence-corrected chi connectivity index (χ2v) is 6.24. The lowest BCUT2D eigenvalue weighted by Crippen LogP contribution is -2.43. The second-order valence-electron chi connectivity index (χ2n) is 6.24. The van der Waals surface area contributed by atoms with E-state index in [1.807, 2.05) is 6.07 Å². The van der Waals surface area contributed by atoms with Crippen LogP contribution in [0.1, 0.15) is 36.8 Å². The molecule has 1 saturated carbocycles. The van der Waals surface area contributed by atoms with Gasteiger partial charge in [-0.2, -0.15) is 0 Å². The van der Waals surface area contributed by atoms with Crippen LogP contribution in [0.2, 0.25) is 0 Å². The lowest BCUT2D eigenvalue weighted by atomic mass is 10.1. The Morgan fingerprint density at radius 2 is 2.20 bits per heavy atom. The number of nitrogens with zero attached hydrogens (tertiary/aromatic N) is 1. The van der Waals surface area contributed by atoms with Crippen molar-refractivity contribution in [3.05, 3.63) is 35.4 Å². The molecule has 2 aliphatic rings. The molecule has 3 heteroatoms. The summed E-state index contributed by atoms with van der Waals surface area (Å²) in [5, 5.41) is 3.50. The molecule has 1 saturated heterocycles. The molecule has 1 amide bonds. The molecular weight excluding hydrogens is 248 g/mol. The van der Waals surface area contributed by atoms with E-state index in [-0.39, 0.29) is 0 Å². The molecule has 1 aromatic rings. The third-order valence-electron chi connectivity index (χ3n) is 4.33. The fourth-order valence-electron chi connectivity index (χ4n) is 3.09. The van der Waals surface area contributed by atoms with Crippen LogP contribution in [0, 0.1) is 6.92 Å². The molecule has 0 radical (unpaired) electrons. The highest BCUT2D eigenvalue weighted by Crippen LogP contribution is 2.28. The van der Waals surface area contributed by atoms with Gasteiger partial charge in [0.25, 0.3) is 0 Å². The molecule has 3 nitrogen and oxygen atoms in total. The Bertz CT molecular complexity index is 476. The minimum Gasteiger partial charge on any atom is -0.338 e. The summed E-state index contributed by atoms with van der Waals surface area (Å²) in [5.74, 6) is 0.298. The SMILES string of the molecule is Cc1cccc(CC(=O)N(CC2CCCN2)C2CC2)c1. The first kappa shape index (κ1) is 13.6. The zero-order valence-electron chi connectivity index (χ0n) is 12.3. The van der Waals surface area contributed by atoms with Gasteiger partial charge in [0.1, 0.15) is 0 Å². The maximum absolute atomic E-state index is 12.6. The van der Waals surface area contributed by atoms with E-state index in [0.29, 0.717) is 24.4 Å². The van der Waals surface area contributed by atoms with E-state index in [4.69, 9.17) is 0 Å². The van der Waals surface area contributed by atoms with Crippen LogP contribution in [-0.2, 0) is 11.2 Å². The molecule has 3 rings (SSSR count). The molecule has 1 heterocycles. The minimum atomic E-state index is 0.298. The van der Waals surface area contributed by atoms with Gasteiger partial charge >= 0.3 is 0 Å². The van der Waals surface area contributed by atoms with Crippen LogP contribution < -0.4 is 5.32 Å². The number of nitrogens with one attached hydrogen (secondary N) is 1. The monoisotopic (exact) mass is 272 g/mol. The van der Waals surface area contributed by atoms with Crippen LogP contribution in [0.4, 0.5) is 0 Å². The second kappa shape index (κ2) is 5.96. The van der Waals surface area contributed by atoms with Crippen LogP contribution in [0.3, 0.4) is 0 Å². The van der Waals surface area contributed by atoms with Gasteiger partial charge in [-0.3, -0.25) is 4.79 Å². The maximum Gasteiger partial charge on any atom is 0.227 e. The topological polar surface area (TPSA) is 32.3 Å². The van der Waals surface area contributed by atoms with Crippen molar-refractivity contribution in [2.75, 3.05) is 13.1 Å². The molecule has 1 aliphatic carbocycles. The Labute approximate surface area is 121 Å². The molecule has 1 aromatic carbocycles. The van der Waals surface area contributed by atoms with Gasteiger partial charge in [0.15, 0.2) is 0 Å². The van der Waals surface area contributed by atoms with Gasteiger partial charge in [0.2, 0.25) is 5.91 Å². The van der Waals surface area contributed by atoms with Gasteiger partial charge in [-0.05, 0) is 44.7 Å². The number of benzene rings is 1. The van der Waals surface area contributed by atoms with Crippen molar-refractivity contribution >= 4 is 5.91 Å². The summed E-state index contributed by atoms with van der Waals surface area (Å²) in [7, 11) is 0. The summed E-state index contributed by atoms with van der Waals surface area (Å²) in [6, 6.07) is 9.32. The van der Waals surface area contributed by atoms with E-state index in [1.54, 1.807) is 0 Å². The first-order valence-corrected chi connectivity index (χ1v) is 7.81. The summed E-state index contributed by atoms with van der Waals surface area (Å²) < 4.78 is 0. The van der Waals surface area contributed by atoms with Crippen LogP contribution >= 0.6 is 0 Å². The molecule has 20 heavy (non-hydrogen) atoms. The number of hydrogen-bond acceptors (Lipinski definition) is 2. The largest absolute Gasteiger partial charge is 0.338 e. The van der Waals surface area contributed by atoms with Crippen molar-refractivity contribution in [2.24, 2.45) is 0 Å². The third-order valence-corrected chi connectivity index (χ3v) is 4.33. The molecule has 0 bridgehead atoms. The van der Waals surface area contributed by atoms with Crippen molar-refractivity contribution < 1.29 is 4.79 Å². The highest BCUT2D eigenvalue weighted by molar-refractivity contribution is 5.79. The van der Waals surface area contributed by atoms with Gasteiger partial charge in [0.05, 0.1) is 6.42 Å². The van der Waals surface area contributed by atoms with Gasteiger partial charge in [-0.25, -0.2) is 0 Å². The molecule has 108 valence electrons. The fourth-order valence-corrected chi connectivity index (χ4v) is 3.09. The smallest absolute Gasteiger partial charge is 0.227 e. The van der Waals surface area contributed by atoms with Crippen LogP contribution in [0.5, 0.6) is 0 Å². The van der Waals surface area contributed by atoms with Gasteiger partial charge in [-0.1, -0.05) is 29.8 Å². The summed E-state index contributed by atoms with van der Waals surface area (Å²) in [6.07, 6.45) is 5.37. The lowest BCUT2D eigenvalue weighted by molar-refractivity contribution is -0.131. The zero-order valence-corrected chi connectivity index (χ0v) is 12.3.